The molecule has 2 fully saturated rings. The summed E-state index contributed by atoms with van der Waals surface area (Å²) >= 11 is 0. The van der Waals surface area contributed by atoms with Crippen LogP contribution in [0.4, 0.5) is 0 Å². The van der Waals surface area contributed by atoms with Crippen molar-refractivity contribution < 1.29 is 4.74 Å². The Hall–Kier alpha value is -0.0800. The van der Waals surface area contributed by atoms with Gasteiger partial charge >= 0.3 is 0 Å². The molecule has 5 atom stereocenters. The van der Waals surface area contributed by atoms with E-state index >= 15 is 0 Å². The molecule has 1 N–H and O–H groups in total. The average molecular weight is 296 g/mol. The van der Waals surface area contributed by atoms with Crippen LogP contribution in [0.15, 0.2) is 0 Å². The van der Waals surface area contributed by atoms with E-state index in [0.29, 0.717) is 29.1 Å². The van der Waals surface area contributed by atoms with Gasteiger partial charge in [-0.2, -0.15) is 0 Å². The molecule has 0 saturated heterocycles. The fourth-order valence-corrected chi connectivity index (χ4v) is 4.73. The Morgan fingerprint density at radius 3 is 2.38 bits per heavy atom. The van der Waals surface area contributed by atoms with E-state index in [4.69, 9.17) is 4.74 Å². The third-order valence-corrected chi connectivity index (χ3v) is 6.09. The molecule has 2 heteroatoms. The highest BCUT2D eigenvalue weighted by Gasteiger charge is 2.52. The number of rotatable bonds is 6. The van der Waals surface area contributed by atoms with Crippen molar-refractivity contribution in [1.29, 1.82) is 0 Å². The predicted molar refractivity (Wildman–Crippen MR) is 90.6 cm³/mol. The van der Waals surface area contributed by atoms with Gasteiger partial charge < -0.3 is 10.1 Å². The molecule has 0 aromatic heterocycles. The van der Waals surface area contributed by atoms with Crippen LogP contribution in [0.1, 0.15) is 80.1 Å². The van der Waals surface area contributed by atoms with Gasteiger partial charge in [0.2, 0.25) is 0 Å². The highest BCUT2D eigenvalue weighted by atomic mass is 16.5. The van der Waals surface area contributed by atoms with Gasteiger partial charge in [0.25, 0.3) is 0 Å². The minimum Gasteiger partial charge on any atom is -0.374 e. The number of hydrogen-bond donors (Lipinski definition) is 1. The minimum atomic E-state index is 0.333. The van der Waals surface area contributed by atoms with Crippen molar-refractivity contribution in [2.24, 2.45) is 16.7 Å². The van der Waals surface area contributed by atoms with E-state index in [1.54, 1.807) is 0 Å². The van der Waals surface area contributed by atoms with Crippen LogP contribution in [-0.4, -0.2) is 24.8 Å². The van der Waals surface area contributed by atoms with Crippen molar-refractivity contribution in [1.82, 2.24) is 5.32 Å². The summed E-state index contributed by atoms with van der Waals surface area (Å²) in [4.78, 5) is 0. The minimum absolute atomic E-state index is 0.333. The zero-order valence-corrected chi connectivity index (χ0v) is 15.2. The van der Waals surface area contributed by atoms with Gasteiger partial charge in [-0.15, -0.1) is 0 Å². The zero-order valence-electron chi connectivity index (χ0n) is 15.2. The smallest absolute Gasteiger partial charge is 0.0662 e. The number of nitrogens with one attached hydrogen (secondary N) is 1. The Kier molecular flexibility index (Phi) is 5.41. The second-order valence-electron chi connectivity index (χ2n) is 8.76. The van der Waals surface area contributed by atoms with Crippen molar-refractivity contribution in [2.45, 2.75) is 98.3 Å². The van der Waals surface area contributed by atoms with Gasteiger partial charge in [0.05, 0.1) is 12.2 Å². The molecule has 21 heavy (non-hydrogen) atoms. The van der Waals surface area contributed by atoms with Gasteiger partial charge in [0.1, 0.15) is 0 Å². The molecule has 0 radical (unpaired) electrons. The summed E-state index contributed by atoms with van der Waals surface area (Å²) in [7, 11) is 0. The first kappa shape index (κ1) is 17.3. The van der Waals surface area contributed by atoms with Crippen molar-refractivity contribution >= 4 is 0 Å². The van der Waals surface area contributed by atoms with Crippen molar-refractivity contribution in [3.8, 4) is 0 Å². The molecule has 124 valence electrons. The van der Waals surface area contributed by atoms with Gasteiger partial charge in [0, 0.05) is 11.5 Å². The van der Waals surface area contributed by atoms with E-state index in [9.17, 15) is 0 Å². The molecule has 2 rings (SSSR count). The number of ether oxygens (including phenoxy) is 1. The quantitative estimate of drug-likeness (QED) is 0.762. The molecule has 5 unspecified atom stereocenters. The SMILES string of the molecule is CCCNC1CC(OC2CC(C)CC(C)(C)C2)C1(C)CC. The van der Waals surface area contributed by atoms with Gasteiger partial charge in [-0.1, -0.05) is 41.5 Å². The molecule has 0 bridgehead atoms. The lowest BCUT2D eigenvalue weighted by atomic mass is 9.61. The van der Waals surface area contributed by atoms with Crippen LogP contribution in [0, 0.1) is 16.7 Å². The van der Waals surface area contributed by atoms with Crippen LogP contribution >= 0.6 is 0 Å². The first-order chi connectivity index (χ1) is 9.80. The molecule has 0 aromatic carbocycles. The number of hydrogen-bond acceptors (Lipinski definition) is 2. The lowest BCUT2D eigenvalue weighted by Crippen LogP contribution is -2.63. The summed E-state index contributed by atoms with van der Waals surface area (Å²) in [6.45, 7) is 15.3. The molecular formula is C19H37NO. The Bertz CT molecular complexity index is 340. The average Bonchev–Trinajstić information content (AvgIpc) is 2.38. The van der Waals surface area contributed by atoms with Gasteiger partial charge in [-0.25, -0.2) is 0 Å². The Morgan fingerprint density at radius 1 is 1.10 bits per heavy atom. The second-order valence-corrected chi connectivity index (χ2v) is 8.76. The highest BCUT2D eigenvalue weighted by molar-refractivity contribution is 5.05. The summed E-state index contributed by atoms with van der Waals surface area (Å²) in [6, 6.07) is 0.654. The Labute approximate surface area is 132 Å². The maximum atomic E-state index is 6.61. The standard InChI is InChI=1S/C19H37NO/c1-7-9-20-16-11-17(19(16,6)8-2)21-15-10-14(3)12-18(4,5)13-15/h14-17,20H,7-13H2,1-6H3. The molecule has 0 amide bonds. The summed E-state index contributed by atoms with van der Waals surface area (Å²) in [5, 5.41) is 3.72. The summed E-state index contributed by atoms with van der Waals surface area (Å²) in [5.41, 5.74) is 0.786. The molecule has 2 nitrogen and oxygen atoms in total. The van der Waals surface area contributed by atoms with Crippen LogP contribution in [0.3, 0.4) is 0 Å². The Balaban J connectivity index is 1.91. The summed E-state index contributed by atoms with van der Waals surface area (Å²) in [6.07, 6.45) is 8.42. The third-order valence-electron chi connectivity index (χ3n) is 6.09. The van der Waals surface area contributed by atoms with E-state index < -0.39 is 0 Å². The molecule has 0 aromatic rings. The van der Waals surface area contributed by atoms with Crippen LogP contribution in [0.25, 0.3) is 0 Å². The molecule has 2 aliphatic carbocycles. The fourth-order valence-electron chi connectivity index (χ4n) is 4.73. The van der Waals surface area contributed by atoms with Gasteiger partial charge in [-0.05, 0) is 56.4 Å². The highest BCUT2D eigenvalue weighted by Crippen LogP contribution is 2.48. The predicted octanol–water partition coefficient (Wildman–Crippen LogP) is 4.77. The maximum absolute atomic E-state index is 6.61. The van der Waals surface area contributed by atoms with E-state index in [1.165, 1.54) is 38.5 Å². The summed E-state index contributed by atoms with van der Waals surface area (Å²) < 4.78 is 6.61. The molecule has 2 saturated carbocycles. The van der Waals surface area contributed by atoms with Crippen molar-refractivity contribution in [3.05, 3.63) is 0 Å². The molecule has 0 heterocycles. The van der Waals surface area contributed by atoms with Crippen molar-refractivity contribution in [2.75, 3.05) is 6.54 Å². The Morgan fingerprint density at radius 2 is 1.81 bits per heavy atom. The van der Waals surface area contributed by atoms with Crippen LogP contribution in [0.2, 0.25) is 0 Å². The molecule has 0 aliphatic heterocycles. The van der Waals surface area contributed by atoms with Crippen LogP contribution in [0.5, 0.6) is 0 Å². The lowest BCUT2D eigenvalue weighted by Gasteiger charge is -2.55. The summed E-state index contributed by atoms with van der Waals surface area (Å²) in [5.74, 6) is 0.806. The van der Waals surface area contributed by atoms with Crippen LogP contribution in [-0.2, 0) is 4.74 Å². The van der Waals surface area contributed by atoms with Gasteiger partial charge in [-0.3, -0.25) is 0 Å². The first-order valence-corrected chi connectivity index (χ1v) is 9.19. The fraction of sp³-hybridized carbons (Fsp3) is 1.00. The zero-order chi connectivity index (χ0) is 15.7. The van der Waals surface area contributed by atoms with E-state index in [-0.39, 0.29) is 0 Å². The first-order valence-electron chi connectivity index (χ1n) is 9.19. The van der Waals surface area contributed by atoms with Crippen molar-refractivity contribution in [3.63, 3.8) is 0 Å². The normalized spacial score (nSPS) is 42.6. The third kappa shape index (κ3) is 3.82. The van der Waals surface area contributed by atoms with E-state index in [2.05, 4.69) is 46.9 Å². The van der Waals surface area contributed by atoms with Crippen LogP contribution < -0.4 is 5.32 Å². The maximum Gasteiger partial charge on any atom is 0.0662 e. The monoisotopic (exact) mass is 295 g/mol. The topological polar surface area (TPSA) is 21.3 Å². The lowest BCUT2D eigenvalue weighted by molar-refractivity contribution is -0.174. The van der Waals surface area contributed by atoms with E-state index in [1.807, 2.05) is 0 Å². The molecule has 0 spiro atoms. The second kappa shape index (κ2) is 6.58. The molecule has 2 aliphatic rings. The molecular weight excluding hydrogens is 258 g/mol. The van der Waals surface area contributed by atoms with Gasteiger partial charge in [0.15, 0.2) is 0 Å². The van der Waals surface area contributed by atoms with E-state index in [0.717, 1.165) is 12.5 Å². The largest absolute Gasteiger partial charge is 0.374 e.